The van der Waals surface area contributed by atoms with E-state index in [4.69, 9.17) is 9.47 Å². The molecule has 8 nitrogen and oxygen atoms in total. The van der Waals surface area contributed by atoms with Crippen LogP contribution in [-0.2, 0) is 4.74 Å². The Bertz CT molecular complexity index is 1070. The number of pyridine rings is 2. The highest BCUT2D eigenvalue weighted by atomic mass is 19.3. The van der Waals surface area contributed by atoms with E-state index in [2.05, 4.69) is 20.6 Å². The fourth-order valence-electron chi connectivity index (χ4n) is 3.59. The number of nitrogens with one attached hydrogen (secondary N) is 2. The van der Waals surface area contributed by atoms with E-state index in [0.717, 1.165) is 13.3 Å². The van der Waals surface area contributed by atoms with Gasteiger partial charge in [0.05, 0.1) is 20.3 Å². The van der Waals surface area contributed by atoms with Crippen LogP contribution < -0.4 is 15.4 Å². The second kappa shape index (κ2) is 12.6. The van der Waals surface area contributed by atoms with Gasteiger partial charge in [0.2, 0.25) is 0 Å². The number of carbonyl (C=O) groups excluding carboxylic acids is 1. The predicted octanol–water partition coefficient (Wildman–Crippen LogP) is 4.81. The van der Waals surface area contributed by atoms with Crippen LogP contribution in [-0.4, -0.2) is 66.7 Å². The minimum Gasteiger partial charge on any atom is -0.479 e. The van der Waals surface area contributed by atoms with Crippen LogP contribution in [0.2, 0.25) is 0 Å². The molecule has 2 aromatic rings. The zero-order chi connectivity index (χ0) is 26.1. The van der Waals surface area contributed by atoms with E-state index in [9.17, 15) is 18.0 Å². The number of hydrogen-bond donors (Lipinski definition) is 2. The van der Waals surface area contributed by atoms with Crippen LogP contribution in [0.5, 0.6) is 5.88 Å². The zero-order valence-electron chi connectivity index (χ0n) is 20.7. The molecule has 0 spiro atoms. The van der Waals surface area contributed by atoms with E-state index >= 15 is 0 Å². The molecule has 0 unspecified atom stereocenters. The molecule has 1 aliphatic rings. The Labute approximate surface area is 208 Å². The summed E-state index contributed by atoms with van der Waals surface area (Å²) in [7, 11) is 1.31. The lowest BCUT2D eigenvalue weighted by atomic mass is 10.1. The third-order valence-corrected chi connectivity index (χ3v) is 5.42. The summed E-state index contributed by atoms with van der Waals surface area (Å²) in [5.41, 5.74) is 1.44. The highest BCUT2D eigenvalue weighted by Gasteiger charge is 2.24. The van der Waals surface area contributed by atoms with Crippen LogP contribution in [0.1, 0.15) is 49.2 Å². The quantitative estimate of drug-likeness (QED) is 0.477. The van der Waals surface area contributed by atoms with Crippen molar-refractivity contribution in [1.29, 1.82) is 0 Å². The number of allylic oxidation sites excluding steroid dienone is 1. The number of ether oxygens (including phenoxy) is 2. The number of nitrogens with zero attached hydrogens (tertiary/aromatic N) is 3. The Hall–Kier alpha value is -3.34. The lowest BCUT2D eigenvalue weighted by Crippen LogP contribution is -2.34. The molecule has 1 fully saturated rings. The van der Waals surface area contributed by atoms with Gasteiger partial charge in [-0.3, -0.25) is 9.78 Å². The molecule has 0 atom stereocenters. The van der Waals surface area contributed by atoms with Crippen LogP contribution >= 0.6 is 0 Å². The summed E-state index contributed by atoms with van der Waals surface area (Å²) >= 11 is 0. The van der Waals surface area contributed by atoms with E-state index in [1.165, 1.54) is 31.5 Å². The Morgan fingerprint density at radius 3 is 2.83 bits per heavy atom. The molecule has 2 N–H and O–H groups in total. The first kappa shape index (κ1) is 27.3. The first-order chi connectivity index (χ1) is 17.2. The van der Waals surface area contributed by atoms with Crippen molar-refractivity contribution >= 4 is 23.1 Å². The zero-order valence-corrected chi connectivity index (χ0v) is 20.7. The smallest absolute Gasteiger partial charge is 0.272 e. The lowest BCUT2D eigenvalue weighted by Gasteiger charge is -2.22. The summed E-state index contributed by atoms with van der Waals surface area (Å²) in [5.74, 6) is -3.78. The second-order valence-electron chi connectivity index (χ2n) is 8.52. The number of hydrogen-bond acceptors (Lipinski definition) is 7. The average molecular weight is 508 g/mol. The minimum atomic E-state index is -2.99. The third-order valence-electron chi connectivity index (χ3n) is 5.42. The minimum absolute atomic E-state index is 0.138. The van der Waals surface area contributed by atoms with E-state index in [1.54, 1.807) is 4.90 Å². The number of aromatic nitrogens is 2. The maximum absolute atomic E-state index is 13.8. The van der Waals surface area contributed by atoms with Crippen molar-refractivity contribution < 1.29 is 27.4 Å². The van der Waals surface area contributed by atoms with E-state index < -0.39 is 18.3 Å². The number of unbranched alkanes of at least 4 members (excludes halogenated alkanes) is 1. The van der Waals surface area contributed by atoms with Crippen molar-refractivity contribution in [3.63, 3.8) is 0 Å². The predicted molar refractivity (Wildman–Crippen MR) is 132 cm³/mol. The number of anilines is 2. The Kier molecular flexibility index (Phi) is 9.51. The van der Waals surface area contributed by atoms with Crippen molar-refractivity contribution in [3.8, 4) is 5.88 Å². The van der Waals surface area contributed by atoms with Crippen LogP contribution in [0.25, 0.3) is 5.70 Å². The summed E-state index contributed by atoms with van der Waals surface area (Å²) in [6.45, 7) is 4.13. The number of carbonyl (C=O) groups is 1. The molecule has 0 aromatic carbocycles. The van der Waals surface area contributed by atoms with E-state index in [0.29, 0.717) is 61.9 Å². The molecule has 0 radical (unpaired) electrons. The van der Waals surface area contributed by atoms with E-state index in [1.807, 2.05) is 13.0 Å². The van der Waals surface area contributed by atoms with E-state index in [-0.39, 0.29) is 17.5 Å². The monoisotopic (exact) mass is 507 g/mol. The molecule has 36 heavy (non-hydrogen) atoms. The molecule has 196 valence electrons. The first-order valence-corrected chi connectivity index (χ1v) is 11.9. The maximum atomic E-state index is 13.8. The fourth-order valence-corrected chi connectivity index (χ4v) is 3.59. The number of alkyl halides is 2. The molecule has 1 saturated heterocycles. The largest absolute Gasteiger partial charge is 0.479 e. The molecule has 0 bridgehead atoms. The summed E-state index contributed by atoms with van der Waals surface area (Å²) in [6, 6.07) is 4.14. The molecule has 11 heteroatoms. The highest BCUT2D eigenvalue weighted by molar-refractivity contribution is 5.94. The molecular weight excluding hydrogens is 475 g/mol. The third kappa shape index (κ3) is 7.58. The van der Waals surface area contributed by atoms with Crippen LogP contribution in [0.15, 0.2) is 30.5 Å². The molecule has 1 amide bonds. The number of amides is 1. The summed E-state index contributed by atoms with van der Waals surface area (Å²) in [5, 5.41) is 5.88. The van der Waals surface area contributed by atoms with Crippen molar-refractivity contribution in [2.45, 2.75) is 39.0 Å². The molecule has 2 aromatic heterocycles. The van der Waals surface area contributed by atoms with Crippen LogP contribution in [0.4, 0.5) is 24.7 Å². The van der Waals surface area contributed by atoms with Crippen molar-refractivity contribution in [1.82, 2.24) is 14.9 Å². The van der Waals surface area contributed by atoms with Crippen molar-refractivity contribution in [2.24, 2.45) is 0 Å². The summed E-state index contributed by atoms with van der Waals surface area (Å²) in [6.07, 6.45) is 5.53. The molecule has 3 rings (SSSR count). The summed E-state index contributed by atoms with van der Waals surface area (Å²) in [4.78, 5) is 23.2. The number of methoxy groups -OCH3 is 1. The topological polar surface area (TPSA) is 88.6 Å². The molecule has 1 aliphatic heterocycles. The van der Waals surface area contributed by atoms with Gasteiger partial charge in [0.15, 0.2) is 5.82 Å². The Morgan fingerprint density at radius 1 is 1.31 bits per heavy atom. The Morgan fingerprint density at radius 2 is 2.11 bits per heavy atom. The second-order valence-corrected chi connectivity index (χ2v) is 8.52. The van der Waals surface area contributed by atoms with Crippen LogP contribution in [0.3, 0.4) is 0 Å². The molecular formula is C25H32F3N5O3. The SMILES string of the molecule is CCC/C=C(/Nc1ccc(F)c(OC)n1)c1cnc(C(=O)N2CCCOCC2)cc1NCC(C)(F)F. The number of rotatable bonds is 10. The summed E-state index contributed by atoms with van der Waals surface area (Å²) < 4.78 is 51.7. The van der Waals surface area contributed by atoms with Gasteiger partial charge in [-0.25, -0.2) is 13.2 Å². The fraction of sp³-hybridized carbons (Fsp3) is 0.480. The van der Waals surface area contributed by atoms with Gasteiger partial charge in [-0.1, -0.05) is 19.4 Å². The molecule has 0 saturated carbocycles. The van der Waals surface area contributed by atoms with Gasteiger partial charge in [0.25, 0.3) is 17.7 Å². The maximum Gasteiger partial charge on any atom is 0.272 e. The normalized spacial score (nSPS) is 14.8. The van der Waals surface area contributed by atoms with Crippen molar-refractivity contribution in [2.75, 3.05) is 50.6 Å². The van der Waals surface area contributed by atoms with Gasteiger partial charge < -0.3 is 25.0 Å². The molecule has 0 aliphatic carbocycles. The van der Waals surface area contributed by atoms with Crippen LogP contribution in [0, 0.1) is 5.82 Å². The van der Waals surface area contributed by atoms with Gasteiger partial charge in [-0.15, -0.1) is 0 Å². The standard InChI is InChI=1S/C25H32F3N5O3/c1-4-5-7-19(31-22-9-8-18(26)23(32-22)35-3)17-15-29-21(14-20(17)30-16-25(2,27)28)24(34)33-10-6-12-36-13-11-33/h7-9,14-15H,4-6,10-13,16H2,1-3H3,(H,29,30)(H,31,32)/b19-7+. The average Bonchev–Trinajstić information content (AvgIpc) is 3.15. The molecule has 3 heterocycles. The first-order valence-electron chi connectivity index (χ1n) is 11.9. The lowest BCUT2D eigenvalue weighted by molar-refractivity contribution is 0.0367. The van der Waals surface area contributed by atoms with Crippen molar-refractivity contribution in [3.05, 3.63) is 47.5 Å². The van der Waals surface area contributed by atoms with Gasteiger partial charge in [-0.2, -0.15) is 4.98 Å². The van der Waals surface area contributed by atoms with Gasteiger partial charge >= 0.3 is 0 Å². The van der Waals surface area contributed by atoms with Gasteiger partial charge in [-0.05, 0) is 31.0 Å². The highest BCUT2D eigenvalue weighted by Crippen LogP contribution is 2.29. The Balaban J connectivity index is 1.98. The van der Waals surface area contributed by atoms with Gasteiger partial charge in [0, 0.05) is 49.8 Å². The van der Waals surface area contributed by atoms with Gasteiger partial charge in [0.1, 0.15) is 11.5 Å². The number of halogens is 3.